The van der Waals surface area contributed by atoms with Gasteiger partial charge < -0.3 is 4.90 Å². The van der Waals surface area contributed by atoms with Gasteiger partial charge in [0.05, 0.1) is 10.9 Å². The molecule has 1 saturated heterocycles. The normalized spacial score (nSPS) is 21.5. The van der Waals surface area contributed by atoms with E-state index in [-0.39, 0.29) is 22.8 Å². The molecule has 1 aromatic heterocycles. The third-order valence-corrected chi connectivity index (χ3v) is 8.72. The van der Waals surface area contributed by atoms with Crippen LogP contribution in [0.5, 0.6) is 0 Å². The molecule has 4 rings (SSSR count). The van der Waals surface area contributed by atoms with Crippen molar-refractivity contribution < 1.29 is 17.6 Å². The lowest BCUT2D eigenvalue weighted by atomic mass is 9.93. The van der Waals surface area contributed by atoms with E-state index in [4.69, 9.17) is 0 Å². The lowest BCUT2D eigenvalue weighted by molar-refractivity contribution is -0.139. The standard InChI is InChI=1S/C20H23FN2O3S2/c1-14-18-9-13-27-19(18)8-12-23(14)20(24)15-6-10-22(11-7-15)28(25,26)17-4-2-16(21)3-5-17/h2-5,9,13-15H,6-8,10-12H2,1H3. The molecule has 0 saturated carbocycles. The summed E-state index contributed by atoms with van der Waals surface area (Å²) in [5.41, 5.74) is 1.24. The molecule has 0 bridgehead atoms. The highest BCUT2D eigenvalue weighted by molar-refractivity contribution is 7.89. The molecular weight excluding hydrogens is 399 g/mol. The van der Waals surface area contributed by atoms with Crippen LogP contribution >= 0.6 is 11.3 Å². The molecule has 0 spiro atoms. The Morgan fingerprint density at radius 1 is 1.11 bits per heavy atom. The lowest BCUT2D eigenvalue weighted by Crippen LogP contribution is -2.46. The van der Waals surface area contributed by atoms with Crippen molar-refractivity contribution in [2.45, 2.75) is 37.1 Å². The second kappa shape index (κ2) is 7.57. The number of benzene rings is 1. The van der Waals surface area contributed by atoms with E-state index < -0.39 is 15.8 Å². The first kappa shape index (κ1) is 19.5. The molecule has 0 N–H and O–H groups in total. The van der Waals surface area contributed by atoms with Gasteiger partial charge in [-0.05, 0) is 67.5 Å². The predicted octanol–water partition coefficient (Wildman–Crippen LogP) is 3.43. The summed E-state index contributed by atoms with van der Waals surface area (Å²) in [6.45, 7) is 3.41. The highest BCUT2D eigenvalue weighted by Crippen LogP contribution is 2.35. The van der Waals surface area contributed by atoms with Crippen molar-refractivity contribution in [3.05, 3.63) is 52.0 Å². The van der Waals surface area contributed by atoms with E-state index in [0.717, 1.165) is 25.1 Å². The second-order valence-corrected chi connectivity index (χ2v) is 10.3. The molecule has 0 radical (unpaired) electrons. The monoisotopic (exact) mass is 422 g/mol. The van der Waals surface area contributed by atoms with Crippen LogP contribution < -0.4 is 0 Å². The van der Waals surface area contributed by atoms with Gasteiger partial charge in [0, 0.05) is 30.4 Å². The molecule has 1 unspecified atom stereocenters. The van der Waals surface area contributed by atoms with E-state index >= 15 is 0 Å². The maximum absolute atomic E-state index is 13.1. The topological polar surface area (TPSA) is 57.7 Å². The van der Waals surface area contributed by atoms with Crippen LogP contribution in [0.1, 0.15) is 36.2 Å². The van der Waals surface area contributed by atoms with Gasteiger partial charge in [-0.15, -0.1) is 11.3 Å². The molecule has 2 aliphatic heterocycles. The van der Waals surface area contributed by atoms with Crippen LogP contribution in [0.3, 0.4) is 0 Å². The van der Waals surface area contributed by atoms with E-state index in [1.54, 1.807) is 11.3 Å². The van der Waals surface area contributed by atoms with Crippen LogP contribution in [0.4, 0.5) is 4.39 Å². The van der Waals surface area contributed by atoms with Crippen LogP contribution in [0, 0.1) is 11.7 Å². The molecule has 5 nitrogen and oxygen atoms in total. The Hall–Kier alpha value is -1.77. The van der Waals surface area contributed by atoms with Crippen molar-refractivity contribution >= 4 is 27.3 Å². The zero-order valence-corrected chi connectivity index (χ0v) is 17.3. The Morgan fingerprint density at radius 2 is 1.79 bits per heavy atom. The fourth-order valence-corrected chi connectivity index (χ4v) is 6.58. The smallest absolute Gasteiger partial charge is 0.243 e. The number of nitrogens with zero attached hydrogens (tertiary/aromatic N) is 2. The van der Waals surface area contributed by atoms with Crippen molar-refractivity contribution in [2.75, 3.05) is 19.6 Å². The number of thiophene rings is 1. The number of hydrogen-bond acceptors (Lipinski definition) is 4. The molecule has 28 heavy (non-hydrogen) atoms. The van der Waals surface area contributed by atoms with Gasteiger partial charge in [-0.2, -0.15) is 4.31 Å². The quantitative estimate of drug-likeness (QED) is 0.761. The van der Waals surface area contributed by atoms with Gasteiger partial charge in [0.15, 0.2) is 0 Å². The van der Waals surface area contributed by atoms with Gasteiger partial charge >= 0.3 is 0 Å². The summed E-state index contributed by atoms with van der Waals surface area (Å²) < 4.78 is 40.0. The molecule has 1 atom stereocenters. The first-order chi connectivity index (χ1) is 13.4. The fraction of sp³-hybridized carbons (Fsp3) is 0.450. The van der Waals surface area contributed by atoms with E-state index in [2.05, 4.69) is 18.4 Å². The maximum Gasteiger partial charge on any atom is 0.243 e. The van der Waals surface area contributed by atoms with Crippen molar-refractivity contribution in [1.82, 2.24) is 9.21 Å². The van der Waals surface area contributed by atoms with Gasteiger partial charge in [-0.1, -0.05) is 0 Å². The summed E-state index contributed by atoms with van der Waals surface area (Å²) in [5.74, 6) is -0.488. The van der Waals surface area contributed by atoms with Crippen LogP contribution in [0.25, 0.3) is 0 Å². The number of carbonyl (C=O) groups is 1. The Kier molecular flexibility index (Phi) is 5.28. The molecular formula is C20H23FN2O3S2. The number of carbonyl (C=O) groups excluding carboxylic acids is 1. The number of piperidine rings is 1. The van der Waals surface area contributed by atoms with Gasteiger partial charge in [0.1, 0.15) is 5.82 Å². The first-order valence-electron chi connectivity index (χ1n) is 9.50. The molecule has 1 amide bonds. The third-order valence-electron chi connectivity index (χ3n) is 5.81. The third kappa shape index (κ3) is 3.49. The highest BCUT2D eigenvalue weighted by Gasteiger charge is 2.36. The molecule has 0 aliphatic carbocycles. The molecule has 8 heteroatoms. The molecule has 3 heterocycles. The van der Waals surface area contributed by atoms with Gasteiger partial charge in [0.2, 0.25) is 15.9 Å². The lowest BCUT2D eigenvalue weighted by Gasteiger charge is -2.38. The molecule has 2 aromatic rings. The number of halogens is 1. The average Bonchev–Trinajstić information content (AvgIpc) is 3.18. The Bertz CT molecular complexity index is 964. The van der Waals surface area contributed by atoms with E-state index in [1.165, 1.54) is 26.9 Å². The minimum Gasteiger partial charge on any atom is -0.335 e. The van der Waals surface area contributed by atoms with Gasteiger partial charge in [-0.25, -0.2) is 12.8 Å². The summed E-state index contributed by atoms with van der Waals surface area (Å²) in [6.07, 6.45) is 1.92. The van der Waals surface area contributed by atoms with Crippen molar-refractivity contribution in [1.29, 1.82) is 0 Å². The van der Waals surface area contributed by atoms with E-state index in [9.17, 15) is 17.6 Å². The maximum atomic E-state index is 13.1. The van der Waals surface area contributed by atoms with Gasteiger partial charge in [-0.3, -0.25) is 4.79 Å². The predicted molar refractivity (Wildman–Crippen MR) is 106 cm³/mol. The summed E-state index contributed by atoms with van der Waals surface area (Å²) in [7, 11) is -3.65. The van der Waals surface area contributed by atoms with Crippen molar-refractivity contribution in [3.8, 4) is 0 Å². The largest absolute Gasteiger partial charge is 0.335 e. The van der Waals surface area contributed by atoms with Crippen LogP contribution in [0.15, 0.2) is 40.6 Å². The van der Waals surface area contributed by atoms with Crippen molar-refractivity contribution in [2.24, 2.45) is 5.92 Å². The van der Waals surface area contributed by atoms with Crippen molar-refractivity contribution in [3.63, 3.8) is 0 Å². The Morgan fingerprint density at radius 3 is 2.46 bits per heavy atom. The first-order valence-corrected chi connectivity index (χ1v) is 11.8. The summed E-state index contributed by atoms with van der Waals surface area (Å²) in [4.78, 5) is 16.5. The zero-order chi connectivity index (χ0) is 19.9. The number of sulfonamides is 1. The highest BCUT2D eigenvalue weighted by atomic mass is 32.2. The molecule has 1 fully saturated rings. The Balaban J connectivity index is 1.41. The Labute approximate surface area is 168 Å². The second-order valence-electron chi connectivity index (χ2n) is 7.39. The molecule has 2 aliphatic rings. The van der Waals surface area contributed by atoms with Gasteiger partial charge in [0.25, 0.3) is 0 Å². The summed E-state index contributed by atoms with van der Waals surface area (Å²) >= 11 is 1.75. The fourth-order valence-electron chi connectivity index (χ4n) is 4.14. The SMILES string of the molecule is CC1c2ccsc2CCN1C(=O)C1CCN(S(=O)(=O)c2ccc(F)cc2)CC1. The number of fused-ring (bicyclic) bond motifs is 1. The number of amides is 1. The van der Waals surface area contributed by atoms with Crippen LogP contribution in [-0.2, 0) is 21.2 Å². The molecule has 150 valence electrons. The number of rotatable bonds is 3. The zero-order valence-electron chi connectivity index (χ0n) is 15.7. The summed E-state index contributed by atoms with van der Waals surface area (Å²) in [6, 6.07) is 7.05. The molecule has 1 aromatic carbocycles. The average molecular weight is 423 g/mol. The van der Waals surface area contributed by atoms with Crippen LogP contribution in [-0.4, -0.2) is 43.2 Å². The van der Waals surface area contributed by atoms with E-state index in [0.29, 0.717) is 25.9 Å². The van der Waals surface area contributed by atoms with E-state index in [1.807, 2.05) is 4.90 Å². The minimum absolute atomic E-state index is 0.0727. The summed E-state index contributed by atoms with van der Waals surface area (Å²) in [5, 5.41) is 2.08. The van der Waals surface area contributed by atoms with Crippen LogP contribution in [0.2, 0.25) is 0 Å². The number of hydrogen-bond donors (Lipinski definition) is 0. The minimum atomic E-state index is -3.65.